The topological polar surface area (TPSA) is 55.2 Å². The van der Waals surface area contributed by atoms with E-state index in [1.165, 1.54) is 0 Å². The molecule has 0 saturated heterocycles. The lowest BCUT2D eigenvalue weighted by atomic mass is 9.83. The first-order valence-corrected chi connectivity index (χ1v) is 8.83. The zero-order valence-electron chi connectivity index (χ0n) is 15.2. The summed E-state index contributed by atoms with van der Waals surface area (Å²) in [5.74, 6) is 0.114. The minimum absolute atomic E-state index is 0.0307. The number of aryl methyl sites for hydroxylation is 1. The fraction of sp³-hybridized carbons (Fsp3) is 0.450. The number of fused-ring (bicyclic) bond motifs is 1. The van der Waals surface area contributed by atoms with Gasteiger partial charge < -0.3 is 4.90 Å². The SMILES string of the molecule is CCn1cnc2c(c1=O)CCN(C(=O)C(C)(C)Cc1ccccc1)C2. The van der Waals surface area contributed by atoms with Crippen LogP contribution in [-0.4, -0.2) is 26.9 Å². The zero-order chi connectivity index (χ0) is 18.0. The summed E-state index contributed by atoms with van der Waals surface area (Å²) >= 11 is 0. The Morgan fingerprint density at radius 2 is 1.96 bits per heavy atom. The summed E-state index contributed by atoms with van der Waals surface area (Å²) in [6.07, 6.45) is 2.86. The van der Waals surface area contributed by atoms with E-state index in [-0.39, 0.29) is 11.5 Å². The lowest BCUT2D eigenvalue weighted by Gasteiger charge is -2.34. The van der Waals surface area contributed by atoms with Gasteiger partial charge in [-0.3, -0.25) is 14.2 Å². The average molecular weight is 339 g/mol. The summed E-state index contributed by atoms with van der Waals surface area (Å²) in [6, 6.07) is 10.1. The molecule has 1 aliphatic rings. The maximum atomic E-state index is 13.1. The number of rotatable bonds is 4. The standard InChI is InChI=1S/C20H25N3O2/c1-4-22-14-21-17-13-23(11-10-16(17)18(22)24)19(25)20(2,3)12-15-8-6-5-7-9-15/h5-9,14H,4,10-13H2,1-3H3. The first-order chi connectivity index (χ1) is 11.9. The Balaban J connectivity index is 1.78. The fourth-order valence-electron chi connectivity index (χ4n) is 3.47. The van der Waals surface area contributed by atoms with Crippen molar-refractivity contribution >= 4 is 5.91 Å². The van der Waals surface area contributed by atoms with Gasteiger partial charge in [-0.15, -0.1) is 0 Å². The van der Waals surface area contributed by atoms with Crippen LogP contribution in [0.5, 0.6) is 0 Å². The van der Waals surface area contributed by atoms with Crippen molar-refractivity contribution in [2.24, 2.45) is 5.41 Å². The van der Waals surface area contributed by atoms with Crippen molar-refractivity contribution in [1.82, 2.24) is 14.5 Å². The molecular weight excluding hydrogens is 314 g/mol. The second kappa shape index (κ2) is 6.82. The molecule has 1 aromatic carbocycles. The van der Waals surface area contributed by atoms with Crippen LogP contribution in [-0.2, 0) is 30.7 Å². The third-order valence-electron chi connectivity index (χ3n) is 4.89. The van der Waals surface area contributed by atoms with Crippen molar-refractivity contribution in [3.05, 3.63) is 63.8 Å². The van der Waals surface area contributed by atoms with E-state index in [4.69, 9.17) is 0 Å². The van der Waals surface area contributed by atoms with Crippen molar-refractivity contribution in [2.45, 2.75) is 46.7 Å². The molecule has 2 aromatic rings. The van der Waals surface area contributed by atoms with E-state index in [9.17, 15) is 9.59 Å². The number of hydrogen-bond acceptors (Lipinski definition) is 3. The van der Waals surface area contributed by atoms with E-state index in [2.05, 4.69) is 17.1 Å². The highest BCUT2D eigenvalue weighted by atomic mass is 16.2. The molecule has 0 bridgehead atoms. The van der Waals surface area contributed by atoms with E-state index < -0.39 is 5.41 Å². The number of hydrogen-bond donors (Lipinski definition) is 0. The molecule has 2 heterocycles. The molecule has 1 aliphatic heterocycles. The first-order valence-electron chi connectivity index (χ1n) is 8.83. The number of carbonyl (C=O) groups excluding carboxylic acids is 1. The van der Waals surface area contributed by atoms with Crippen LogP contribution in [0.3, 0.4) is 0 Å². The number of nitrogens with zero attached hydrogens (tertiary/aromatic N) is 3. The summed E-state index contributed by atoms with van der Waals surface area (Å²) < 4.78 is 1.62. The van der Waals surface area contributed by atoms with Crippen molar-refractivity contribution in [1.29, 1.82) is 0 Å². The lowest BCUT2D eigenvalue weighted by Crippen LogP contribution is -2.46. The van der Waals surface area contributed by atoms with Gasteiger partial charge in [-0.05, 0) is 25.3 Å². The van der Waals surface area contributed by atoms with E-state index in [0.29, 0.717) is 32.5 Å². The van der Waals surface area contributed by atoms with Crippen LogP contribution < -0.4 is 5.56 Å². The minimum Gasteiger partial charge on any atom is -0.336 e. The monoisotopic (exact) mass is 339 g/mol. The summed E-state index contributed by atoms with van der Waals surface area (Å²) in [6.45, 7) is 7.52. The third kappa shape index (κ3) is 3.50. The molecule has 25 heavy (non-hydrogen) atoms. The van der Waals surface area contributed by atoms with Gasteiger partial charge >= 0.3 is 0 Å². The second-order valence-electron chi connectivity index (χ2n) is 7.28. The highest BCUT2D eigenvalue weighted by Crippen LogP contribution is 2.27. The molecule has 0 radical (unpaired) electrons. The molecule has 0 fully saturated rings. The summed E-state index contributed by atoms with van der Waals surface area (Å²) in [7, 11) is 0. The highest BCUT2D eigenvalue weighted by Gasteiger charge is 2.34. The van der Waals surface area contributed by atoms with Crippen molar-refractivity contribution in [2.75, 3.05) is 6.54 Å². The Morgan fingerprint density at radius 1 is 1.24 bits per heavy atom. The van der Waals surface area contributed by atoms with Crippen LogP contribution in [0.2, 0.25) is 0 Å². The Bertz CT molecular complexity index is 825. The Hall–Kier alpha value is -2.43. The molecule has 0 atom stereocenters. The Morgan fingerprint density at radius 3 is 2.64 bits per heavy atom. The summed E-state index contributed by atoms with van der Waals surface area (Å²) in [5, 5.41) is 0. The van der Waals surface area contributed by atoms with Gasteiger partial charge in [-0.2, -0.15) is 0 Å². The van der Waals surface area contributed by atoms with Gasteiger partial charge in [0.1, 0.15) is 0 Å². The van der Waals surface area contributed by atoms with Crippen molar-refractivity contribution in [3.8, 4) is 0 Å². The normalized spacial score (nSPS) is 14.3. The van der Waals surface area contributed by atoms with Crippen LogP contribution in [0.1, 0.15) is 37.6 Å². The molecule has 0 N–H and O–H groups in total. The predicted molar refractivity (Wildman–Crippen MR) is 97.2 cm³/mol. The summed E-state index contributed by atoms with van der Waals surface area (Å²) in [5.41, 5.74) is 2.20. The number of benzene rings is 1. The van der Waals surface area contributed by atoms with Crippen LogP contribution >= 0.6 is 0 Å². The number of amides is 1. The molecule has 0 aliphatic carbocycles. The molecule has 0 unspecified atom stereocenters. The van der Waals surface area contributed by atoms with E-state index >= 15 is 0 Å². The van der Waals surface area contributed by atoms with Gasteiger partial charge in [-0.25, -0.2) is 4.98 Å². The quantitative estimate of drug-likeness (QED) is 0.859. The second-order valence-corrected chi connectivity index (χ2v) is 7.28. The van der Waals surface area contributed by atoms with E-state index in [1.807, 2.05) is 43.9 Å². The zero-order valence-corrected chi connectivity index (χ0v) is 15.2. The molecule has 1 aromatic heterocycles. The van der Waals surface area contributed by atoms with Crippen LogP contribution in [0, 0.1) is 5.41 Å². The van der Waals surface area contributed by atoms with Gasteiger partial charge in [0, 0.05) is 24.1 Å². The maximum Gasteiger partial charge on any atom is 0.256 e. The molecule has 0 spiro atoms. The van der Waals surface area contributed by atoms with E-state index in [0.717, 1.165) is 16.8 Å². The minimum atomic E-state index is -0.489. The lowest BCUT2D eigenvalue weighted by molar-refractivity contribution is -0.141. The molecule has 1 amide bonds. The van der Waals surface area contributed by atoms with Gasteiger partial charge in [0.25, 0.3) is 5.56 Å². The van der Waals surface area contributed by atoms with Gasteiger partial charge in [0.2, 0.25) is 5.91 Å². The molecule has 132 valence electrons. The number of carbonyl (C=O) groups is 1. The van der Waals surface area contributed by atoms with Gasteiger partial charge in [0.15, 0.2) is 0 Å². The average Bonchev–Trinajstić information content (AvgIpc) is 2.61. The summed E-state index contributed by atoms with van der Waals surface area (Å²) in [4.78, 5) is 31.7. The van der Waals surface area contributed by atoms with Crippen molar-refractivity contribution < 1.29 is 4.79 Å². The highest BCUT2D eigenvalue weighted by molar-refractivity contribution is 5.82. The number of aromatic nitrogens is 2. The van der Waals surface area contributed by atoms with Crippen LogP contribution in [0.15, 0.2) is 41.5 Å². The molecule has 5 heteroatoms. The Kier molecular flexibility index (Phi) is 4.75. The molecule has 0 saturated carbocycles. The van der Waals surface area contributed by atoms with Crippen molar-refractivity contribution in [3.63, 3.8) is 0 Å². The molecule has 5 nitrogen and oxygen atoms in total. The maximum absolute atomic E-state index is 13.1. The van der Waals surface area contributed by atoms with E-state index in [1.54, 1.807) is 10.9 Å². The predicted octanol–water partition coefficient (Wildman–Crippen LogP) is 2.42. The molecular formula is C20H25N3O2. The van der Waals surface area contributed by atoms with Gasteiger partial charge in [-0.1, -0.05) is 44.2 Å². The Labute approximate surface area is 148 Å². The smallest absolute Gasteiger partial charge is 0.256 e. The fourth-order valence-corrected chi connectivity index (χ4v) is 3.47. The van der Waals surface area contributed by atoms with Crippen LogP contribution in [0.4, 0.5) is 0 Å². The van der Waals surface area contributed by atoms with Crippen LogP contribution in [0.25, 0.3) is 0 Å². The first kappa shape index (κ1) is 17.4. The molecule has 3 rings (SSSR count). The third-order valence-corrected chi connectivity index (χ3v) is 4.89. The van der Waals surface area contributed by atoms with Gasteiger partial charge in [0.05, 0.1) is 18.6 Å². The largest absolute Gasteiger partial charge is 0.336 e.